The van der Waals surface area contributed by atoms with E-state index in [0.717, 1.165) is 22.3 Å². The topological polar surface area (TPSA) is 37.3 Å². The molecule has 0 aliphatic heterocycles. The molecule has 0 unspecified atom stereocenters. The average molecular weight is 492 g/mol. The molecule has 0 radical (unpaired) electrons. The minimum absolute atomic E-state index is 0.266. The number of urea groups is 1. The molecule has 3 rings (SSSR count). The van der Waals surface area contributed by atoms with Gasteiger partial charge in [-0.05, 0) is 54.1 Å². The standard InChI is InChI=1S/C23H21BrF3N3O/c1-2-12-30(22(31)28-20-10-8-19(24)9-11-20)16-21-7-4-13-29(21)15-17-5-3-6-18(14-17)23(25,26)27/h2-11,13-14H,1,12,15-16H2,(H,28,31). The first kappa shape index (κ1) is 22.7. The molecule has 0 saturated carbocycles. The number of rotatable bonds is 7. The van der Waals surface area contributed by atoms with Crippen molar-refractivity contribution in [3.05, 3.63) is 101 Å². The van der Waals surface area contributed by atoms with Crippen LogP contribution < -0.4 is 5.32 Å². The van der Waals surface area contributed by atoms with Gasteiger partial charge in [-0.2, -0.15) is 13.2 Å². The lowest BCUT2D eigenvalue weighted by Crippen LogP contribution is -2.35. The number of nitrogens with one attached hydrogen (secondary N) is 1. The average Bonchev–Trinajstić information content (AvgIpc) is 3.15. The minimum atomic E-state index is -4.39. The molecule has 1 aromatic heterocycles. The van der Waals surface area contributed by atoms with Crippen LogP contribution in [0, 0.1) is 0 Å². The second kappa shape index (κ2) is 9.87. The zero-order valence-electron chi connectivity index (χ0n) is 16.6. The molecule has 3 aromatic rings. The molecule has 4 nitrogen and oxygen atoms in total. The van der Waals surface area contributed by atoms with Gasteiger partial charge in [0.2, 0.25) is 0 Å². The molecule has 0 bridgehead atoms. The molecule has 0 atom stereocenters. The summed E-state index contributed by atoms with van der Waals surface area (Å²) in [5.41, 5.74) is 1.30. The molecule has 8 heteroatoms. The molecular weight excluding hydrogens is 471 g/mol. The Morgan fingerprint density at radius 1 is 1.13 bits per heavy atom. The van der Waals surface area contributed by atoms with E-state index in [4.69, 9.17) is 0 Å². The highest BCUT2D eigenvalue weighted by Crippen LogP contribution is 2.29. The molecule has 1 N–H and O–H groups in total. The van der Waals surface area contributed by atoms with Crippen LogP contribution in [-0.4, -0.2) is 22.0 Å². The molecule has 0 spiro atoms. The number of hydrogen-bond donors (Lipinski definition) is 1. The van der Waals surface area contributed by atoms with Crippen LogP contribution in [0.4, 0.5) is 23.7 Å². The number of nitrogens with zero attached hydrogens (tertiary/aromatic N) is 2. The summed E-state index contributed by atoms with van der Waals surface area (Å²) in [4.78, 5) is 14.3. The van der Waals surface area contributed by atoms with Gasteiger partial charge in [0.15, 0.2) is 0 Å². The van der Waals surface area contributed by atoms with E-state index in [1.165, 1.54) is 6.07 Å². The van der Waals surface area contributed by atoms with Crippen LogP contribution in [0.25, 0.3) is 0 Å². The number of aromatic nitrogens is 1. The largest absolute Gasteiger partial charge is 0.416 e. The maximum absolute atomic E-state index is 13.0. The second-order valence-electron chi connectivity index (χ2n) is 6.93. The van der Waals surface area contributed by atoms with Gasteiger partial charge in [0.25, 0.3) is 0 Å². The van der Waals surface area contributed by atoms with Crippen molar-refractivity contribution >= 4 is 27.6 Å². The highest BCUT2D eigenvalue weighted by Gasteiger charge is 2.30. The van der Waals surface area contributed by atoms with Crippen molar-refractivity contribution in [1.82, 2.24) is 9.47 Å². The van der Waals surface area contributed by atoms with Crippen molar-refractivity contribution in [2.75, 3.05) is 11.9 Å². The van der Waals surface area contributed by atoms with Gasteiger partial charge in [-0.25, -0.2) is 4.79 Å². The summed E-state index contributed by atoms with van der Waals surface area (Å²) < 4.78 is 41.7. The summed E-state index contributed by atoms with van der Waals surface area (Å²) in [6, 6.07) is 15.8. The van der Waals surface area contributed by atoms with Gasteiger partial charge < -0.3 is 14.8 Å². The first-order valence-corrected chi connectivity index (χ1v) is 10.3. The first-order valence-electron chi connectivity index (χ1n) is 9.49. The van der Waals surface area contributed by atoms with Crippen molar-refractivity contribution in [2.24, 2.45) is 0 Å². The summed E-state index contributed by atoms with van der Waals surface area (Å²) in [7, 11) is 0. The van der Waals surface area contributed by atoms with E-state index in [9.17, 15) is 18.0 Å². The van der Waals surface area contributed by atoms with Crippen molar-refractivity contribution < 1.29 is 18.0 Å². The molecule has 162 valence electrons. The van der Waals surface area contributed by atoms with Crippen LogP contribution in [0.1, 0.15) is 16.8 Å². The fourth-order valence-corrected chi connectivity index (χ4v) is 3.36. The van der Waals surface area contributed by atoms with Crippen LogP contribution in [0.5, 0.6) is 0 Å². The van der Waals surface area contributed by atoms with E-state index in [1.807, 2.05) is 28.8 Å². The van der Waals surface area contributed by atoms with Crippen LogP contribution in [-0.2, 0) is 19.3 Å². The molecule has 0 aliphatic carbocycles. The molecule has 31 heavy (non-hydrogen) atoms. The highest BCUT2D eigenvalue weighted by atomic mass is 79.9. The monoisotopic (exact) mass is 491 g/mol. The highest BCUT2D eigenvalue weighted by molar-refractivity contribution is 9.10. The number of benzene rings is 2. The molecule has 0 aliphatic rings. The van der Waals surface area contributed by atoms with Crippen molar-refractivity contribution in [1.29, 1.82) is 0 Å². The van der Waals surface area contributed by atoms with Crippen LogP contribution in [0.3, 0.4) is 0 Å². The summed E-state index contributed by atoms with van der Waals surface area (Å²) in [6.45, 7) is 4.57. The number of carbonyl (C=O) groups is 1. The normalized spacial score (nSPS) is 11.2. The van der Waals surface area contributed by atoms with E-state index in [2.05, 4.69) is 27.8 Å². The fraction of sp³-hybridized carbons (Fsp3) is 0.174. The number of anilines is 1. The predicted octanol–water partition coefficient (Wildman–Crippen LogP) is 6.54. The van der Waals surface area contributed by atoms with Crippen molar-refractivity contribution in [3.63, 3.8) is 0 Å². The summed E-state index contributed by atoms with van der Waals surface area (Å²) in [5, 5.41) is 2.84. The van der Waals surface area contributed by atoms with Gasteiger partial charge in [0.1, 0.15) is 0 Å². The van der Waals surface area contributed by atoms with Gasteiger partial charge in [0.05, 0.1) is 12.1 Å². The van der Waals surface area contributed by atoms with E-state index < -0.39 is 11.7 Å². The third kappa shape index (κ3) is 6.24. The van der Waals surface area contributed by atoms with Crippen LogP contribution in [0.15, 0.2) is 84.0 Å². The van der Waals surface area contributed by atoms with E-state index in [1.54, 1.807) is 35.4 Å². The summed E-state index contributed by atoms with van der Waals surface area (Å²) in [6.07, 6.45) is -0.975. The molecule has 2 amide bonds. The van der Waals surface area contributed by atoms with E-state index in [0.29, 0.717) is 17.8 Å². The van der Waals surface area contributed by atoms with Gasteiger partial charge >= 0.3 is 12.2 Å². The SMILES string of the molecule is C=CCN(Cc1cccn1Cc1cccc(C(F)(F)F)c1)C(=O)Nc1ccc(Br)cc1. The molecular formula is C23H21BrF3N3O. The maximum Gasteiger partial charge on any atom is 0.416 e. The number of halogens is 4. The number of alkyl halides is 3. The lowest BCUT2D eigenvalue weighted by Gasteiger charge is -2.23. The predicted molar refractivity (Wildman–Crippen MR) is 119 cm³/mol. The van der Waals surface area contributed by atoms with Gasteiger partial charge in [-0.1, -0.05) is 34.1 Å². The Morgan fingerprint density at radius 2 is 1.87 bits per heavy atom. The lowest BCUT2D eigenvalue weighted by molar-refractivity contribution is -0.137. The van der Waals surface area contributed by atoms with E-state index in [-0.39, 0.29) is 19.1 Å². The minimum Gasteiger partial charge on any atom is -0.345 e. The Balaban J connectivity index is 1.74. The Morgan fingerprint density at radius 3 is 2.55 bits per heavy atom. The Hall–Kier alpha value is -3.00. The third-order valence-electron chi connectivity index (χ3n) is 4.62. The Labute approximate surface area is 187 Å². The Kier molecular flexibility index (Phi) is 7.22. The van der Waals surface area contributed by atoms with Gasteiger partial charge in [-0.3, -0.25) is 0 Å². The second-order valence-corrected chi connectivity index (χ2v) is 7.85. The summed E-state index contributed by atoms with van der Waals surface area (Å²) in [5.74, 6) is 0. The molecule has 2 aromatic carbocycles. The fourth-order valence-electron chi connectivity index (χ4n) is 3.10. The summed E-state index contributed by atoms with van der Waals surface area (Å²) >= 11 is 3.35. The molecule has 1 heterocycles. The van der Waals surface area contributed by atoms with Gasteiger partial charge in [0, 0.05) is 35.1 Å². The first-order chi connectivity index (χ1) is 14.8. The lowest BCUT2D eigenvalue weighted by atomic mass is 10.1. The zero-order chi connectivity index (χ0) is 22.4. The number of amides is 2. The number of hydrogen-bond acceptors (Lipinski definition) is 1. The third-order valence-corrected chi connectivity index (χ3v) is 5.14. The van der Waals surface area contributed by atoms with Crippen molar-refractivity contribution in [3.8, 4) is 0 Å². The van der Waals surface area contributed by atoms with E-state index >= 15 is 0 Å². The maximum atomic E-state index is 13.0. The molecule has 0 fully saturated rings. The zero-order valence-corrected chi connectivity index (χ0v) is 18.2. The van der Waals surface area contributed by atoms with Crippen LogP contribution in [0.2, 0.25) is 0 Å². The molecule has 0 saturated heterocycles. The van der Waals surface area contributed by atoms with Crippen LogP contribution >= 0.6 is 15.9 Å². The number of carbonyl (C=O) groups excluding carboxylic acids is 1. The smallest absolute Gasteiger partial charge is 0.345 e. The van der Waals surface area contributed by atoms with Crippen molar-refractivity contribution in [2.45, 2.75) is 19.3 Å². The Bertz CT molecular complexity index is 1040. The van der Waals surface area contributed by atoms with Gasteiger partial charge in [-0.15, -0.1) is 6.58 Å². The quantitative estimate of drug-likeness (QED) is 0.374.